The maximum Gasteiger partial charge on any atom is -1.00 e. The van der Waals surface area contributed by atoms with Crippen LogP contribution in [-0.2, 0) is 20.4 Å². The summed E-state index contributed by atoms with van der Waals surface area (Å²) in [6, 6.07) is 29.8. The summed E-state index contributed by atoms with van der Waals surface area (Å²) in [7, 11) is -2.51. The number of halogens is 3. The zero-order chi connectivity index (χ0) is 22.4. The van der Waals surface area contributed by atoms with Gasteiger partial charge in [0.1, 0.15) is 0 Å². The van der Waals surface area contributed by atoms with Gasteiger partial charge in [0.25, 0.3) is 0 Å². The maximum atomic E-state index is 2.53. The molecule has 0 fully saturated rings. The van der Waals surface area contributed by atoms with Crippen LogP contribution in [0.5, 0.6) is 0 Å². The second kappa shape index (κ2) is 11.8. The first-order valence-corrected chi connectivity index (χ1v) is 13.8. The normalized spacial score (nSPS) is 17.6. The summed E-state index contributed by atoms with van der Waals surface area (Å²) in [6.07, 6.45) is 0. The van der Waals surface area contributed by atoms with Crippen LogP contribution in [0.25, 0.3) is 0 Å². The van der Waals surface area contributed by atoms with Gasteiger partial charge in [-0.1, -0.05) is 0 Å². The molecule has 5 heteroatoms. The van der Waals surface area contributed by atoms with Crippen LogP contribution in [0.1, 0.15) is 38.8 Å². The number of hydrogen-bond donors (Lipinski definition) is 0. The largest absolute Gasteiger partial charge is 1.00 e. The summed E-state index contributed by atoms with van der Waals surface area (Å²) in [5, 5.41) is 4.46. The van der Waals surface area contributed by atoms with Gasteiger partial charge in [-0.15, -0.1) is 0 Å². The van der Waals surface area contributed by atoms with Crippen LogP contribution in [0.2, 0.25) is 5.04 Å². The summed E-state index contributed by atoms with van der Waals surface area (Å²) in [6.45, 7) is 14.1. The topological polar surface area (TPSA) is 0 Å². The molecule has 0 saturated carbocycles. The first kappa shape index (κ1) is 31.0. The standard InChI is InChI=1S/C29H31Si.3ClH.Ti/c1-21-17-18-28(22(2)19-21)30(26-13-9-7-10-14-26,27-15-11-8-12-16-27)29(6)20-23(3)24(4)25(29)5;;;;/h7-19H,1-6H3;3*1H;/q;;;;+3/p-3. The van der Waals surface area contributed by atoms with E-state index in [4.69, 9.17) is 0 Å². The number of benzene rings is 3. The van der Waals surface area contributed by atoms with E-state index >= 15 is 0 Å². The molecule has 176 valence electrons. The Labute approximate surface area is 237 Å². The molecule has 0 bridgehead atoms. The number of hydrogen-bond acceptors (Lipinski definition) is 0. The molecule has 0 radical (unpaired) electrons. The Morgan fingerprint density at radius 2 is 1.12 bits per heavy atom. The van der Waals surface area contributed by atoms with Gasteiger partial charge in [-0.3, -0.25) is 0 Å². The summed E-state index contributed by atoms with van der Waals surface area (Å²) in [4.78, 5) is 0. The minimum Gasteiger partial charge on any atom is -1.00 e. The van der Waals surface area contributed by atoms with E-state index in [2.05, 4.69) is 141 Å². The van der Waals surface area contributed by atoms with Gasteiger partial charge in [0, 0.05) is 0 Å². The summed E-state index contributed by atoms with van der Waals surface area (Å²) in [5.74, 6) is 0. The van der Waals surface area contributed by atoms with Gasteiger partial charge >= 0.3 is 201 Å². The quantitative estimate of drug-likeness (QED) is 0.232. The van der Waals surface area contributed by atoms with Gasteiger partial charge < -0.3 is 37.2 Å². The average molecular weight is 562 g/mol. The van der Waals surface area contributed by atoms with Crippen molar-refractivity contribution >= 4 is 23.6 Å². The molecule has 34 heavy (non-hydrogen) atoms. The van der Waals surface area contributed by atoms with E-state index in [0.29, 0.717) is 0 Å². The van der Waals surface area contributed by atoms with Crippen molar-refractivity contribution in [3.8, 4) is 0 Å². The Kier molecular flexibility index (Phi) is 10.7. The molecule has 0 saturated heterocycles. The molecule has 1 aliphatic carbocycles. The van der Waals surface area contributed by atoms with Crippen molar-refractivity contribution in [2.45, 2.75) is 46.6 Å². The fraction of sp³-hybridized carbons (Fsp3) is 0.241. The molecule has 3 aromatic rings. The van der Waals surface area contributed by atoms with Crippen LogP contribution in [0, 0.1) is 13.8 Å². The molecule has 0 heterocycles. The molecule has 3 aromatic carbocycles. The molecule has 0 aliphatic heterocycles. The molecule has 0 N–H and O–H groups in total. The predicted octanol–water partition coefficient (Wildman–Crippen LogP) is -3.28. The third kappa shape index (κ3) is 4.45. The summed E-state index contributed by atoms with van der Waals surface area (Å²) < 4.78 is 1.53. The zero-order valence-corrected chi connectivity index (χ0v) is 25.5. The SMILES string of the molecule is CC1=C(C)C(C)([Si](c2ccccc2)(c2ccccc2)c2ccc(C)cc2C)[C]([Ti+3])=C1C.[Cl-].[Cl-].[Cl-]. The Balaban J connectivity index is 0.00000193. The fourth-order valence-corrected chi connectivity index (χ4v) is 13.6. The monoisotopic (exact) mass is 560 g/mol. The Hall–Kier alpha value is -1.06. The Morgan fingerprint density at radius 1 is 0.647 bits per heavy atom. The first-order chi connectivity index (χ1) is 14.8. The van der Waals surface area contributed by atoms with Crippen molar-refractivity contribution in [2.24, 2.45) is 0 Å². The van der Waals surface area contributed by atoms with Gasteiger partial charge in [-0.25, -0.2) is 0 Å². The van der Waals surface area contributed by atoms with Crippen LogP contribution in [0.3, 0.4) is 0 Å². The van der Waals surface area contributed by atoms with Gasteiger partial charge in [-0.05, 0) is 0 Å². The summed E-state index contributed by atoms with van der Waals surface area (Å²) >= 11 is 2.38. The first-order valence-electron chi connectivity index (χ1n) is 11.1. The summed E-state index contributed by atoms with van der Waals surface area (Å²) in [5.41, 5.74) is 7.20. The van der Waals surface area contributed by atoms with Crippen molar-refractivity contribution in [1.82, 2.24) is 0 Å². The number of allylic oxidation sites excluding steroid dienone is 4. The van der Waals surface area contributed by atoms with Crippen LogP contribution in [0.15, 0.2) is 99.5 Å². The zero-order valence-electron chi connectivity index (χ0n) is 20.6. The third-order valence-corrected chi connectivity index (χ3v) is 15.3. The average Bonchev–Trinajstić information content (AvgIpc) is 2.93. The van der Waals surface area contributed by atoms with Gasteiger partial charge in [0.15, 0.2) is 0 Å². The molecule has 1 unspecified atom stereocenters. The van der Waals surface area contributed by atoms with Gasteiger partial charge in [-0.2, -0.15) is 0 Å². The van der Waals surface area contributed by atoms with Crippen molar-refractivity contribution < 1.29 is 57.7 Å². The van der Waals surface area contributed by atoms with Crippen LogP contribution >= 0.6 is 0 Å². The third-order valence-electron chi connectivity index (χ3n) is 7.70. The van der Waals surface area contributed by atoms with E-state index in [1.165, 1.54) is 47.3 Å². The molecule has 0 spiro atoms. The van der Waals surface area contributed by atoms with Crippen LogP contribution in [-0.4, -0.2) is 8.07 Å². The fourth-order valence-electron chi connectivity index (χ4n) is 5.81. The molecule has 0 amide bonds. The minimum atomic E-state index is -2.51. The number of aryl methyl sites for hydroxylation is 2. The molecule has 0 aromatic heterocycles. The van der Waals surface area contributed by atoms with Gasteiger partial charge in [0.05, 0.1) is 0 Å². The maximum absolute atomic E-state index is 2.53. The molecule has 1 aliphatic rings. The van der Waals surface area contributed by atoms with Crippen molar-refractivity contribution in [1.29, 1.82) is 0 Å². The van der Waals surface area contributed by atoms with E-state index < -0.39 is 8.07 Å². The van der Waals surface area contributed by atoms with Gasteiger partial charge in [0.2, 0.25) is 0 Å². The molecule has 0 nitrogen and oxygen atoms in total. The van der Waals surface area contributed by atoms with E-state index in [1.54, 1.807) is 0 Å². The second-order valence-electron chi connectivity index (χ2n) is 9.18. The van der Waals surface area contributed by atoms with E-state index in [-0.39, 0.29) is 42.3 Å². The van der Waals surface area contributed by atoms with Crippen molar-refractivity contribution in [3.63, 3.8) is 0 Å². The van der Waals surface area contributed by atoms with Crippen molar-refractivity contribution in [3.05, 3.63) is 111 Å². The van der Waals surface area contributed by atoms with Crippen molar-refractivity contribution in [2.75, 3.05) is 0 Å². The molecular formula is C29H31Cl3SiTi. The van der Waals surface area contributed by atoms with E-state index in [1.807, 2.05) is 0 Å². The van der Waals surface area contributed by atoms with Crippen LogP contribution < -0.4 is 52.8 Å². The van der Waals surface area contributed by atoms with E-state index in [9.17, 15) is 0 Å². The smallest absolute Gasteiger partial charge is 1.00 e. The van der Waals surface area contributed by atoms with E-state index in [0.717, 1.165) is 0 Å². The Morgan fingerprint density at radius 3 is 1.50 bits per heavy atom. The number of rotatable bonds is 4. The van der Waals surface area contributed by atoms with Crippen LogP contribution in [0.4, 0.5) is 0 Å². The Bertz CT molecular complexity index is 1140. The minimum absolute atomic E-state index is 0. The molecule has 1 atom stereocenters. The second-order valence-corrected chi connectivity index (χ2v) is 14.1. The molecular weight excluding hydrogens is 531 g/mol. The predicted molar refractivity (Wildman–Crippen MR) is 133 cm³/mol. The molecule has 4 rings (SSSR count).